The number of hydrogen-bond acceptors (Lipinski definition) is 13. The Balaban J connectivity index is 0.000000383. The molecule has 3 aromatic carbocycles. The van der Waals surface area contributed by atoms with Crippen molar-refractivity contribution in [3.63, 3.8) is 0 Å². The number of carboxylic acids is 1. The molecule has 0 saturated carbocycles. The maximum Gasteiger partial charge on any atom is 0.344 e. The summed E-state index contributed by atoms with van der Waals surface area (Å²) in [6.45, 7) is 0.876. The summed E-state index contributed by atoms with van der Waals surface area (Å²) in [5.74, 6) is -2.63. The Morgan fingerprint density at radius 3 is 1.35 bits per heavy atom. The Hall–Kier alpha value is -6.92. The maximum atomic E-state index is 11.4. The quantitative estimate of drug-likeness (QED) is 0.0800. The molecule has 0 heterocycles. The highest BCUT2D eigenvalue weighted by atomic mass is 16.6. The number of nitro groups is 2. The first-order valence-electron chi connectivity index (χ1n) is 14.3. The molecule has 19 nitrogen and oxygen atoms in total. The third kappa shape index (κ3) is 13.2. The molecular weight excluding hydrogens is 676 g/mol. The molecule has 51 heavy (non-hydrogen) atoms. The van der Waals surface area contributed by atoms with Gasteiger partial charge in [0.2, 0.25) is 19.2 Å². The number of methoxy groups -OCH3 is 2. The number of rotatable bonds is 14. The van der Waals surface area contributed by atoms with Crippen LogP contribution >= 0.6 is 0 Å². The standard InChI is InChI=1S/C11H12N2O5.C11H14N2O3.C10H10N2O5/c1-12(7-14)6-8-3-4-10(13(16)17)9(5-8)11(15)18-2;1-13(7-14)6-8-3-4-10(12)9(5-8)11(15)16-2;1-11(6-13)5-7-2-3-9(12(16)17)8(4-7)10(14)15/h3-5,7H,6H2,1-2H3;3-5,7H,6,12H2,1-2H3;2-4,6H,5H2,1H3,(H,14,15). The molecule has 19 heteroatoms. The third-order valence-electron chi connectivity index (χ3n) is 6.51. The van der Waals surface area contributed by atoms with Crippen molar-refractivity contribution in [2.45, 2.75) is 19.6 Å². The summed E-state index contributed by atoms with van der Waals surface area (Å²) >= 11 is 0. The summed E-state index contributed by atoms with van der Waals surface area (Å²) in [4.78, 5) is 89.1. The van der Waals surface area contributed by atoms with Gasteiger partial charge in [-0.15, -0.1) is 0 Å². The molecule has 0 aromatic heterocycles. The number of nitrogen functional groups attached to an aromatic ring is 1. The van der Waals surface area contributed by atoms with Gasteiger partial charge in [0.05, 0.1) is 29.6 Å². The fraction of sp³-hybridized carbons (Fsp3) is 0.250. The Morgan fingerprint density at radius 1 is 0.667 bits per heavy atom. The van der Waals surface area contributed by atoms with Crippen molar-refractivity contribution in [3.05, 3.63) is 108 Å². The number of hydrogen-bond donors (Lipinski definition) is 2. The van der Waals surface area contributed by atoms with E-state index in [2.05, 4.69) is 9.47 Å². The van der Waals surface area contributed by atoms with Crippen molar-refractivity contribution in [1.29, 1.82) is 0 Å². The summed E-state index contributed by atoms with van der Waals surface area (Å²) in [6.07, 6.45) is 1.93. The highest BCUT2D eigenvalue weighted by molar-refractivity contribution is 5.95. The van der Waals surface area contributed by atoms with Crippen molar-refractivity contribution in [2.24, 2.45) is 0 Å². The molecular formula is C32H36N6O13. The van der Waals surface area contributed by atoms with E-state index in [0.717, 1.165) is 18.7 Å². The van der Waals surface area contributed by atoms with E-state index >= 15 is 0 Å². The van der Waals surface area contributed by atoms with Crippen LogP contribution in [0.15, 0.2) is 54.6 Å². The van der Waals surface area contributed by atoms with Gasteiger partial charge in [-0.3, -0.25) is 34.6 Å². The average Bonchev–Trinajstić information content (AvgIpc) is 3.11. The number of carbonyl (C=O) groups is 6. The Labute approximate surface area is 291 Å². The van der Waals surface area contributed by atoms with Gasteiger partial charge in [0.15, 0.2) is 0 Å². The van der Waals surface area contributed by atoms with Crippen LogP contribution in [0.25, 0.3) is 0 Å². The largest absolute Gasteiger partial charge is 0.477 e. The van der Waals surface area contributed by atoms with E-state index < -0.39 is 33.4 Å². The fourth-order valence-corrected chi connectivity index (χ4v) is 4.09. The second-order valence-electron chi connectivity index (χ2n) is 10.5. The molecule has 3 amide bonds. The molecule has 0 radical (unpaired) electrons. The molecule has 0 aliphatic rings. The number of carboxylic acid groups (broad SMARTS) is 1. The minimum atomic E-state index is -1.37. The number of amides is 3. The number of carbonyl (C=O) groups excluding carboxylic acids is 5. The lowest BCUT2D eigenvalue weighted by Gasteiger charge is -2.12. The zero-order valence-electron chi connectivity index (χ0n) is 28.2. The Bertz CT molecular complexity index is 1770. The second kappa shape index (κ2) is 20.4. The van der Waals surface area contributed by atoms with Crippen molar-refractivity contribution in [2.75, 3.05) is 41.1 Å². The lowest BCUT2D eigenvalue weighted by molar-refractivity contribution is -0.385. The first-order valence-corrected chi connectivity index (χ1v) is 14.3. The van der Waals surface area contributed by atoms with Gasteiger partial charge in [0.1, 0.15) is 11.1 Å². The molecule has 3 N–H and O–H groups in total. The van der Waals surface area contributed by atoms with Gasteiger partial charge in [0.25, 0.3) is 11.4 Å². The van der Waals surface area contributed by atoms with E-state index in [4.69, 9.17) is 10.8 Å². The molecule has 3 rings (SSSR count). The number of esters is 2. The molecule has 3 aromatic rings. The number of nitrogens with two attached hydrogens (primary N) is 1. The first-order chi connectivity index (χ1) is 24.0. The van der Waals surface area contributed by atoms with Crippen molar-refractivity contribution < 1.29 is 53.2 Å². The zero-order valence-corrected chi connectivity index (χ0v) is 28.2. The lowest BCUT2D eigenvalue weighted by atomic mass is 10.1. The van der Waals surface area contributed by atoms with Gasteiger partial charge >= 0.3 is 17.9 Å². The average molecular weight is 713 g/mol. The number of nitrogens with zero attached hydrogens (tertiary/aromatic N) is 5. The van der Waals surface area contributed by atoms with Crippen LogP contribution in [0.3, 0.4) is 0 Å². The minimum absolute atomic E-state index is 0.126. The number of ether oxygens (including phenoxy) is 2. The normalized spacial score (nSPS) is 9.67. The van der Waals surface area contributed by atoms with Crippen molar-refractivity contribution in [3.8, 4) is 0 Å². The summed E-state index contributed by atoms with van der Waals surface area (Å²) in [5, 5.41) is 30.2. The van der Waals surface area contributed by atoms with Crippen LogP contribution in [0.4, 0.5) is 17.1 Å². The van der Waals surface area contributed by atoms with Crippen LogP contribution in [0.2, 0.25) is 0 Å². The summed E-state index contributed by atoms with van der Waals surface area (Å²) in [7, 11) is 7.19. The molecule has 0 atom stereocenters. The Morgan fingerprint density at radius 2 is 1.00 bits per heavy atom. The smallest absolute Gasteiger partial charge is 0.344 e. The van der Waals surface area contributed by atoms with Crippen LogP contribution < -0.4 is 5.73 Å². The van der Waals surface area contributed by atoms with E-state index in [1.165, 1.54) is 59.2 Å². The SMILES string of the molecule is CN(C=O)Cc1ccc([N+](=O)[O-])c(C(=O)O)c1.COC(=O)c1cc(CN(C)C=O)ccc1N.COC(=O)c1cc(CN(C)C=O)ccc1[N+](=O)[O-]. The lowest BCUT2D eigenvalue weighted by Crippen LogP contribution is -2.15. The van der Waals surface area contributed by atoms with E-state index in [1.54, 1.807) is 32.3 Å². The monoisotopic (exact) mass is 712 g/mol. The number of nitro benzene ring substituents is 2. The predicted molar refractivity (Wildman–Crippen MR) is 179 cm³/mol. The van der Waals surface area contributed by atoms with Gasteiger partial charge in [-0.05, 0) is 41.0 Å². The summed E-state index contributed by atoms with van der Waals surface area (Å²) in [5.41, 5.74) is 6.98. The van der Waals surface area contributed by atoms with E-state index in [1.807, 2.05) is 0 Å². The molecule has 0 unspecified atom stereocenters. The highest BCUT2D eigenvalue weighted by Gasteiger charge is 2.22. The summed E-state index contributed by atoms with van der Waals surface area (Å²) < 4.78 is 9.09. The fourth-order valence-electron chi connectivity index (χ4n) is 4.09. The molecule has 0 spiro atoms. The topological polar surface area (TPSA) is 263 Å². The van der Waals surface area contributed by atoms with Crippen LogP contribution in [0.1, 0.15) is 47.8 Å². The van der Waals surface area contributed by atoms with Crippen LogP contribution in [-0.4, -0.2) is 102 Å². The van der Waals surface area contributed by atoms with Gasteiger partial charge in [-0.25, -0.2) is 14.4 Å². The molecule has 0 bridgehead atoms. The van der Waals surface area contributed by atoms with Gasteiger partial charge < -0.3 is 35.0 Å². The van der Waals surface area contributed by atoms with E-state index in [0.29, 0.717) is 48.2 Å². The molecule has 0 saturated heterocycles. The molecule has 0 fully saturated rings. The second-order valence-corrected chi connectivity index (χ2v) is 10.5. The number of benzene rings is 3. The van der Waals surface area contributed by atoms with E-state index in [9.17, 15) is 49.0 Å². The first kappa shape index (κ1) is 42.1. The molecule has 0 aliphatic heterocycles. The van der Waals surface area contributed by atoms with Gasteiger partial charge in [-0.1, -0.05) is 18.2 Å². The van der Waals surface area contributed by atoms with Crippen molar-refractivity contribution >= 4 is 54.2 Å². The third-order valence-corrected chi connectivity index (χ3v) is 6.51. The van der Waals surface area contributed by atoms with Crippen molar-refractivity contribution in [1.82, 2.24) is 14.7 Å². The molecule has 0 aliphatic carbocycles. The van der Waals surface area contributed by atoms with Gasteiger partial charge in [-0.2, -0.15) is 0 Å². The number of anilines is 1. The minimum Gasteiger partial charge on any atom is -0.477 e. The highest BCUT2D eigenvalue weighted by Crippen LogP contribution is 2.22. The van der Waals surface area contributed by atoms with E-state index in [-0.39, 0.29) is 29.9 Å². The predicted octanol–water partition coefficient (Wildman–Crippen LogP) is 2.49. The van der Waals surface area contributed by atoms with Crippen LogP contribution in [0, 0.1) is 20.2 Å². The molecule has 272 valence electrons. The Kier molecular flexibility index (Phi) is 16.9. The number of aromatic carboxylic acids is 1. The van der Waals surface area contributed by atoms with Crippen LogP contribution in [0.5, 0.6) is 0 Å². The summed E-state index contributed by atoms with van der Waals surface area (Å²) in [6, 6.07) is 12.8. The maximum absolute atomic E-state index is 11.4. The van der Waals surface area contributed by atoms with Gasteiger partial charge in [0, 0.05) is 58.6 Å². The zero-order chi connectivity index (χ0) is 38.8. The van der Waals surface area contributed by atoms with Crippen LogP contribution in [-0.2, 0) is 43.5 Å².